The molecule has 1 aliphatic rings. The van der Waals surface area contributed by atoms with Gasteiger partial charge in [0.1, 0.15) is 5.82 Å². The second-order valence-corrected chi connectivity index (χ2v) is 4.81. The van der Waals surface area contributed by atoms with Crippen LogP contribution >= 0.6 is 11.6 Å². The highest BCUT2D eigenvalue weighted by molar-refractivity contribution is 6.33. The largest absolute Gasteiger partial charge is 0.324 e. The molecular weight excluding hydrogens is 257 g/mol. The first-order chi connectivity index (χ1) is 8.56. The summed E-state index contributed by atoms with van der Waals surface area (Å²) >= 11 is 5.83. The zero-order chi connectivity index (χ0) is 13.1. The van der Waals surface area contributed by atoms with Crippen molar-refractivity contribution < 1.29 is 9.18 Å². The van der Waals surface area contributed by atoms with Crippen LogP contribution in [0.25, 0.3) is 0 Å². The van der Waals surface area contributed by atoms with Crippen molar-refractivity contribution in [1.82, 2.24) is 10.2 Å². The highest BCUT2D eigenvalue weighted by Crippen LogP contribution is 2.22. The van der Waals surface area contributed by atoms with Gasteiger partial charge in [-0.15, -0.1) is 0 Å². The number of rotatable bonds is 4. The predicted molar refractivity (Wildman–Crippen MR) is 69.3 cm³/mol. The third-order valence-corrected chi connectivity index (χ3v) is 3.29. The van der Waals surface area contributed by atoms with E-state index in [0.717, 1.165) is 13.1 Å². The number of anilines is 1. The molecule has 1 aromatic carbocycles. The predicted octanol–water partition coefficient (Wildman–Crippen LogP) is 1.32. The zero-order valence-electron chi connectivity index (χ0n) is 10.0. The molecular formula is C12H15ClFN3O. The van der Waals surface area contributed by atoms with Crippen LogP contribution in [0.4, 0.5) is 10.1 Å². The van der Waals surface area contributed by atoms with Crippen LogP contribution in [-0.2, 0) is 4.79 Å². The van der Waals surface area contributed by atoms with E-state index >= 15 is 0 Å². The molecule has 0 bridgehead atoms. The van der Waals surface area contributed by atoms with Gasteiger partial charge in [0.05, 0.1) is 17.3 Å². The van der Waals surface area contributed by atoms with Crippen molar-refractivity contribution in [2.45, 2.75) is 6.04 Å². The molecule has 1 aromatic rings. The average Bonchev–Trinajstić information content (AvgIpc) is 2.19. The summed E-state index contributed by atoms with van der Waals surface area (Å²) in [6.45, 7) is 2.10. The Balaban J connectivity index is 1.90. The van der Waals surface area contributed by atoms with Crippen molar-refractivity contribution in [2.24, 2.45) is 0 Å². The molecule has 2 rings (SSSR count). The monoisotopic (exact) mass is 271 g/mol. The summed E-state index contributed by atoms with van der Waals surface area (Å²) in [6.07, 6.45) is 0. The molecule has 0 spiro atoms. The van der Waals surface area contributed by atoms with Gasteiger partial charge in [-0.25, -0.2) is 4.39 Å². The van der Waals surface area contributed by atoms with E-state index < -0.39 is 5.82 Å². The Bertz CT molecular complexity index is 451. The van der Waals surface area contributed by atoms with Crippen LogP contribution in [0.15, 0.2) is 18.2 Å². The summed E-state index contributed by atoms with van der Waals surface area (Å²) in [5.74, 6) is -0.575. The lowest BCUT2D eigenvalue weighted by Crippen LogP contribution is -2.57. The third-order valence-electron chi connectivity index (χ3n) is 2.98. The standard InChI is InChI=1S/C12H15ClFN3O/c1-17(9-5-15-6-9)7-12(18)16-11-3-2-8(14)4-10(11)13/h2-4,9,15H,5-7H2,1H3,(H,16,18). The minimum Gasteiger partial charge on any atom is -0.324 e. The highest BCUT2D eigenvalue weighted by atomic mass is 35.5. The van der Waals surface area contributed by atoms with Gasteiger partial charge in [0.25, 0.3) is 0 Å². The van der Waals surface area contributed by atoms with Gasteiger partial charge < -0.3 is 10.6 Å². The van der Waals surface area contributed by atoms with E-state index in [4.69, 9.17) is 11.6 Å². The first-order valence-electron chi connectivity index (χ1n) is 5.72. The Kier molecular flexibility index (Phi) is 4.16. The van der Waals surface area contributed by atoms with Crippen molar-refractivity contribution in [3.63, 3.8) is 0 Å². The van der Waals surface area contributed by atoms with Crippen LogP contribution in [0.2, 0.25) is 5.02 Å². The Morgan fingerprint density at radius 2 is 2.33 bits per heavy atom. The number of carbonyl (C=O) groups is 1. The first kappa shape index (κ1) is 13.3. The van der Waals surface area contributed by atoms with Crippen LogP contribution in [0.3, 0.4) is 0 Å². The third kappa shape index (κ3) is 3.19. The second-order valence-electron chi connectivity index (χ2n) is 4.40. The Morgan fingerprint density at radius 1 is 1.61 bits per heavy atom. The van der Waals surface area contributed by atoms with E-state index in [1.165, 1.54) is 18.2 Å². The number of benzene rings is 1. The summed E-state index contributed by atoms with van der Waals surface area (Å²) in [5, 5.41) is 6.02. The van der Waals surface area contributed by atoms with Crippen molar-refractivity contribution in [3.8, 4) is 0 Å². The fourth-order valence-corrected chi connectivity index (χ4v) is 1.94. The summed E-state index contributed by atoms with van der Waals surface area (Å²) in [6, 6.07) is 4.30. The molecule has 2 N–H and O–H groups in total. The molecule has 0 radical (unpaired) electrons. The van der Waals surface area contributed by atoms with Crippen LogP contribution in [0, 0.1) is 5.82 Å². The molecule has 0 saturated carbocycles. The molecule has 6 heteroatoms. The summed E-state index contributed by atoms with van der Waals surface area (Å²) in [7, 11) is 1.90. The van der Waals surface area contributed by atoms with Crippen LogP contribution in [0.1, 0.15) is 0 Å². The molecule has 1 amide bonds. The van der Waals surface area contributed by atoms with Crippen molar-refractivity contribution in [3.05, 3.63) is 29.0 Å². The Hall–Kier alpha value is -1.17. The molecule has 0 unspecified atom stereocenters. The average molecular weight is 272 g/mol. The van der Waals surface area contributed by atoms with Gasteiger partial charge in [-0.1, -0.05) is 11.6 Å². The normalized spacial score (nSPS) is 15.6. The molecule has 0 aromatic heterocycles. The zero-order valence-corrected chi connectivity index (χ0v) is 10.8. The maximum atomic E-state index is 12.8. The number of halogens is 2. The molecule has 1 fully saturated rings. The maximum absolute atomic E-state index is 12.8. The van der Waals surface area contributed by atoms with Gasteiger partial charge in [-0.05, 0) is 25.2 Å². The molecule has 18 heavy (non-hydrogen) atoms. The topological polar surface area (TPSA) is 44.4 Å². The highest BCUT2D eigenvalue weighted by Gasteiger charge is 2.23. The summed E-state index contributed by atoms with van der Waals surface area (Å²) < 4.78 is 12.8. The van der Waals surface area contributed by atoms with E-state index in [1.54, 1.807) is 0 Å². The molecule has 1 heterocycles. The fourth-order valence-electron chi connectivity index (χ4n) is 1.72. The summed E-state index contributed by atoms with van der Waals surface area (Å²) in [5.41, 5.74) is 0.434. The number of hydrogen-bond acceptors (Lipinski definition) is 3. The van der Waals surface area contributed by atoms with E-state index in [0.29, 0.717) is 18.3 Å². The fraction of sp³-hybridized carbons (Fsp3) is 0.417. The smallest absolute Gasteiger partial charge is 0.238 e. The van der Waals surface area contributed by atoms with E-state index in [9.17, 15) is 9.18 Å². The number of likely N-dealkylation sites (N-methyl/N-ethyl adjacent to an activating group) is 1. The molecule has 1 aliphatic heterocycles. The van der Waals surface area contributed by atoms with E-state index in [1.807, 2.05) is 11.9 Å². The minimum atomic E-state index is -0.421. The number of amides is 1. The van der Waals surface area contributed by atoms with Gasteiger partial charge in [-0.3, -0.25) is 9.69 Å². The minimum absolute atomic E-state index is 0.155. The van der Waals surface area contributed by atoms with Crippen LogP contribution in [0.5, 0.6) is 0 Å². The van der Waals surface area contributed by atoms with Crippen LogP contribution < -0.4 is 10.6 Å². The molecule has 98 valence electrons. The lowest BCUT2D eigenvalue weighted by atomic mass is 10.1. The van der Waals surface area contributed by atoms with Gasteiger partial charge in [0.15, 0.2) is 0 Å². The number of nitrogens with one attached hydrogen (secondary N) is 2. The second kappa shape index (κ2) is 5.65. The summed E-state index contributed by atoms with van der Waals surface area (Å²) in [4.78, 5) is 13.8. The van der Waals surface area contributed by atoms with Crippen molar-refractivity contribution in [1.29, 1.82) is 0 Å². The quantitative estimate of drug-likeness (QED) is 0.868. The maximum Gasteiger partial charge on any atom is 0.238 e. The van der Waals surface area contributed by atoms with E-state index in [-0.39, 0.29) is 10.9 Å². The number of carbonyl (C=O) groups excluding carboxylic acids is 1. The Labute approximate surface area is 110 Å². The number of nitrogens with zero attached hydrogens (tertiary/aromatic N) is 1. The molecule has 0 aliphatic carbocycles. The van der Waals surface area contributed by atoms with Gasteiger partial charge >= 0.3 is 0 Å². The van der Waals surface area contributed by atoms with Crippen molar-refractivity contribution in [2.75, 3.05) is 32.0 Å². The first-order valence-corrected chi connectivity index (χ1v) is 6.10. The van der Waals surface area contributed by atoms with Gasteiger partial charge in [-0.2, -0.15) is 0 Å². The van der Waals surface area contributed by atoms with Crippen LogP contribution in [-0.4, -0.2) is 43.5 Å². The lowest BCUT2D eigenvalue weighted by Gasteiger charge is -2.35. The molecule has 1 saturated heterocycles. The molecule has 0 atom stereocenters. The Morgan fingerprint density at radius 3 is 2.89 bits per heavy atom. The van der Waals surface area contributed by atoms with E-state index in [2.05, 4.69) is 10.6 Å². The number of hydrogen-bond donors (Lipinski definition) is 2. The van der Waals surface area contributed by atoms with Crippen molar-refractivity contribution >= 4 is 23.2 Å². The lowest BCUT2D eigenvalue weighted by molar-refractivity contribution is -0.117. The SMILES string of the molecule is CN(CC(=O)Nc1ccc(F)cc1Cl)C1CNC1. The molecule has 4 nitrogen and oxygen atoms in total. The van der Waals surface area contributed by atoms with Gasteiger partial charge in [0, 0.05) is 19.1 Å². The van der Waals surface area contributed by atoms with Gasteiger partial charge in [0.2, 0.25) is 5.91 Å².